The average molecular weight is 339 g/mol. The van der Waals surface area contributed by atoms with Crippen LogP contribution in [0.1, 0.15) is 30.9 Å². The number of alkyl carbamates (subject to hydrolysis) is 1. The van der Waals surface area contributed by atoms with Crippen molar-refractivity contribution >= 4 is 12.1 Å². The zero-order chi connectivity index (χ0) is 18.0. The van der Waals surface area contributed by atoms with Gasteiger partial charge in [0.15, 0.2) is 0 Å². The maximum absolute atomic E-state index is 12.0. The van der Waals surface area contributed by atoms with Gasteiger partial charge in [-0.05, 0) is 36.1 Å². The lowest BCUT2D eigenvalue weighted by Gasteiger charge is -2.19. The van der Waals surface area contributed by atoms with Gasteiger partial charge in [0.05, 0.1) is 5.92 Å². The van der Waals surface area contributed by atoms with Crippen molar-refractivity contribution in [3.63, 3.8) is 0 Å². The van der Waals surface area contributed by atoms with E-state index in [1.54, 1.807) is 13.8 Å². The minimum absolute atomic E-state index is 0.00893. The molecule has 0 saturated heterocycles. The smallest absolute Gasteiger partial charge is 0.407 e. The third-order valence-electron chi connectivity index (χ3n) is 4.83. The van der Waals surface area contributed by atoms with E-state index in [1.807, 2.05) is 24.3 Å². The Balaban J connectivity index is 1.69. The molecule has 2 aromatic carbocycles. The number of carboxylic acid groups (broad SMARTS) is 1. The van der Waals surface area contributed by atoms with E-state index in [4.69, 9.17) is 9.84 Å². The van der Waals surface area contributed by atoms with E-state index < -0.39 is 24.0 Å². The number of fused-ring (bicyclic) bond motifs is 3. The molecule has 0 saturated carbocycles. The van der Waals surface area contributed by atoms with E-state index in [1.165, 1.54) is 11.1 Å². The maximum atomic E-state index is 12.0. The van der Waals surface area contributed by atoms with Crippen LogP contribution in [0.15, 0.2) is 48.5 Å². The first-order valence-corrected chi connectivity index (χ1v) is 8.33. The first kappa shape index (κ1) is 17.0. The molecule has 25 heavy (non-hydrogen) atoms. The van der Waals surface area contributed by atoms with Crippen LogP contribution in [0, 0.1) is 5.92 Å². The summed E-state index contributed by atoms with van der Waals surface area (Å²) < 4.78 is 5.40. The molecule has 5 heteroatoms. The maximum Gasteiger partial charge on any atom is 0.407 e. The van der Waals surface area contributed by atoms with Gasteiger partial charge in [0.2, 0.25) is 0 Å². The number of carbonyl (C=O) groups excluding carboxylic acids is 1. The van der Waals surface area contributed by atoms with Gasteiger partial charge in [-0.3, -0.25) is 4.79 Å². The van der Waals surface area contributed by atoms with Crippen molar-refractivity contribution in [2.75, 3.05) is 6.61 Å². The number of hydrogen-bond acceptors (Lipinski definition) is 3. The molecule has 1 amide bonds. The highest BCUT2D eigenvalue weighted by Crippen LogP contribution is 2.44. The summed E-state index contributed by atoms with van der Waals surface area (Å²) in [5.74, 6) is -1.64. The van der Waals surface area contributed by atoms with Gasteiger partial charge < -0.3 is 15.2 Å². The fourth-order valence-electron chi connectivity index (χ4n) is 3.16. The topological polar surface area (TPSA) is 75.6 Å². The minimum atomic E-state index is -0.952. The highest BCUT2D eigenvalue weighted by atomic mass is 16.5. The summed E-state index contributed by atoms with van der Waals surface area (Å²) in [4.78, 5) is 23.0. The van der Waals surface area contributed by atoms with E-state index >= 15 is 0 Å². The van der Waals surface area contributed by atoms with Crippen LogP contribution in [0.2, 0.25) is 0 Å². The molecule has 0 unspecified atom stereocenters. The summed E-state index contributed by atoms with van der Waals surface area (Å²) >= 11 is 0. The lowest BCUT2D eigenvalue weighted by atomic mass is 9.98. The van der Waals surface area contributed by atoms with Crippen LogP contribution in [0.5, 0.6) is 0 Å². The van der Waals surface area contributed by atoms with Gasteiger partial charge in [-0.25, -0.2) is 4.79 Å². The van der Waals surface area contributed by atoms with Crippen molar-refractivity contribution in [1.29, 1.82) is 0 Å². The van der Waals surface area contributed by atoms with Crippen LogP contribution < -0.4 is 5.32 Å². The summed E-state index contributed by atoms with van der Waals surface area (Å²) in [6.07, 6.45) is -0.595. The molecule has 1 aliphatic rings. The van der Waals surface area contributed by atoms with Crippen molar-refractivity contribution < 1.29 is 19.4 Å². The first-order chi connectivity index (χ1) is 12.0. The van der Waals surface area contributed by atoms with Crippen LogP contribution in [0.4, 0.5) is 4.79 Å². The van der Waals surface area contributed by atoms with Crippen molar-refractivity contribution in [3.05, 3.63) is 59.7 Å². The monoisotopic (exact) mass is 339 g/mol. The molecule has 3 rings (SSSR count). The molecule has 0 spiro atoms. The Bertz CT molecular complexity index is 756. The number of aliphatic carboxylic acids is 1. The number of rotatable bonds is 5. The van der Waals surface area contributed by atoms with Crippen molar-refractivity contribution in [1.82, 2.24) is 5.32 Å². The zero-order valence-corrected chi connectivity index (χ0v) is 14.2. The average Bonchev–Trinajstić information content (AvgIpc) is 2.93. The molecule has 0 aromatic heterocycles. The third-order valence-corrected chi connectivity index (χ3v) is 4.83. The molecule has 5 nitrogen and oxygen atoms in total. The summed E-state index contributed by atoms with van der Waals surface area (Å²) in [6.45, 7) is 3.42. The van der Waals surface area contributed by atoms with Crippen LogP contribution >= 0.6 is 0 Å². The molecule has 0 heterocycles. The van der Waals surface area contributed by atoms with Crippen LogP contribution in [0.3, 0.4) is 0 Å². The summed E-state index contributed by atoms with van der Waals surface area (Å²) in [6, 6.07) is 15.7. The number of carbonyl (C=O) groups is 2. The Morgan fingerprint density at radius 3 is 2.08 bits per heavy atom. The molecular weight excluding hydrogens is 318 g/mol. The van der Waals surface area contributed by atoms with Gasteiger partial charge in [0.25, 0.3) is 0 Å². The second-order valence-corrected chi connectivity index (χ2v) is 6.39. The Morgan fingerprint density at radius 1 is 1.04 bits per heavy atom. The van der Waals surface area contributed by atoms with E-state index in [0.29, 0.717) is 0 Å². The van der Waals surface area contributed by atoms with E-state index in [2.05, 4.69) is 29.6 Å². The molecular formula is C20H21NO4. The van der Waals surface area contributed by atoms with Crippen LogP contribution in [-0.2, 0) is 9.53 Å². The Kier molecular flexibility index (Phi) is 4.74. The van der Waals surface area contributed by atoms with Gasteiger partial charge in [-0.2, -0.15) is 0 Å². The van der Waals surface area contributed by atoms with Crippen molar-refractivity contribution in [2.24, 2.45) is 5.92 Å². The predicted molar refractivity (Wildman–Crippen MR) is 94.5 cm³/mol. The summed E-state index contributed by atoms with van der Waals surface area (Å²) in [5, 5.41) is 11.6. The number of amides is 1. The summed E-state index contributed by atoms with van der Waals surface area (Å²) in [5.41, 5.74) is 4.62. The van der Waals surface area contributed by atoms with Crippen LogP contribution in [0.25, 0.3) is 11.1 Å². The number of benzene rings is 2. The van der Waals surface area contributed by atoms with Gasteiger partial charge in [-0.15, -0.1) is 0 Å². The molecule has 2 aromatic rings. The second-order valence-electron chi connectivity index (χ2n) is 6.39. The second kappa shape index (κ2) is 6.97. The van der Waals surface area contributed by atoms with Crippen molar-refractivity contribution in [2.45, 2.75) is 25.8 Å². The minimum Gasteiger partial charge on any atom is -0.481 e. The Labute approximate surface area is 146 Å². The lowest BCUT2D eigenvalue weighted by Crippen LogP contribution is -2.40. The molecule has 0 radical (unpaired) electrons. The Hall–Kier alpha value is -2.82. The fraction of sp³-hybridized carbons (Fsp3) is 0.300. The van der Waals surface area contributed by atoms with Crippen molar-refractivity contribution in [3.8, 4) is 11.1 Å². The van der Waals surface area contributed by atoms with Gasteiger partial charge in [0.1, 0.15) is 6.61 Å². The molecule has 2 N–H and O–H groups in total. The van der Waals surface area contributed by atoms with Gasteiger partial charge in [-0.1, -0.05) is 48.5 Å². The normalized spacial score (nSPS) is 15.0. The molecule has 2 atom stereocenters. The molecule has 1 aliphatic carbocycles. The van der Waals surface area contributed by atoms with E-state index in [9.17, 15) is 9.59 Å². The largest absolute Gasteiger partial charge is 0.481 e. The number of ether oxygens (including phenoxy) is 1. The molecule has 130 valence electrons. The zero-order valence-electron chi connectivity index (χ0n) is 14.2. The quantitative estimate of drug-likeness (QED) is 0.872. The third kappa shape index (κ3) is 3.36. The molecule has 0 aliphatic heterocycles. The highest BCUT2D eigenvalue weighted by molar-refractivity contribution is 5.79. The number of nitrogens with one attached hydrogen (secondary N) is 1. The SMILES string of the molecule is C[C@@H](NC(=O)OCC1c2ccccc2-c2ccccc21)[C@@H](C)C(=O)O. The predicted octanol–water partition coefficient (Wildman–Crippen LogP) is 3.63. The first-order valence-electron chi connectivity index (χ1n) is 8.33. The fourth-order valence-corrected chi connectivity index (χ4v) is 3.16. The van der Waals surface area contributed by atoms with Gasteiger partial charge in [0, 0.05) is 12.0 Å². The van der Waals surface area contributed by atoms with Crippen LogP contribution in [-0.4, -0.2) is 29.8 Å². The standard InChI is InChI=1S/C20H21NO4/c1-12(19(22)23)13(2)21-20(24)25-11-18-16-9-5-3-7-14(16)15-8-4-6-10-17(15)18/h3-10,12-13,18H,11H2,1-2H3,(H,21,24)(H,22,23)/t12-,13-/m1/s1. The lowest BCUT2D eigenvalue weighted by molar-refractivity contribution is -0.141. The summed E-state index contributed by atoms with van der Waals surface area (Å²) in [7, 11) is 0. The number of carboxylic acids is 1. The Morgan fingerprint density at radius 2 is 1.56 bits per heavy atom. The van der Waals surface area contributed by atoms with E-state index in [0.717, 1.165) is 11.1 Å². The highest BCUT2D eigenvalue weighted by Gasteiger charge is 2.29. The van der Waals surface area contributed by atoms with E-state index in [-0.39, 0.29) is 12.5 Å². The molecule has 0 bridgehead atoms. The van der Waals surface area contributed by atoms with Gasteiger partial charge >= 0.3 is 12.1 Å². The molecule has 0 fully saturated rings. The number of hydrogen-bond donors (Lipinski definition) is 2.